The monoisotopic (exact) mass is 303 g/mol. The second-order valence-electron chi connectivity index (χ2n) is 6.27. The number of hydrogen-bond acceptors (Lipinski definition) is 3. The molecule has 2 amide bonds. The van der Waals surface area contributed by atoms with Gasteiger partial charge in [0.2, 0.25) is 11.8 Å². The van der Waals surface area contributed by atoms with Gasteiger partial charge < -0.3 is 10.2 Å². The van der Waals surface area contributed by atoms with E-state index in [1.54, 1.807) is 6.20 Å². The fourth-order valence-electron chi connectivity index (χ4n) is 3.06. The Morgan fingerprint density at radius 2 is 2.14 bits per heavy atom. The lowest BCUT2D eigenvalue weighted by Gasteiger charge is -2.37. The number of likely N-dealkylation sites (tertiary alicyclic amines) is 1. The highest BCUT2D eigenvalue weighted by Gasteiger charge is 2.32. The van der Waals surface area contributed by atoms with Crippen LogP contribution in [0.3, 0.4) is 0 Å². The number of rotatable bonds is 4. The zero-order valence-corrected chi connectivity index (χ0v) is 13.6. The Kier molecular flexibility index (Phi) is 5.52. The van der Waals surface area contributed by atoms with Crippen molar-refractivity contribution >= 4 is 11.8 Å². The highest BCUT2D eigenvalue weighted by atomic mass is 16.2. The van der Waals surface area contributed by atoms with Crippen LogP contribution in [0.1, 0.15) is 45.3 Å². The van der Waals surface area contributed by atoms with E-state index in [-0.39, 0.29) is 29.7 Å². The Morgan fingerprint density at radius 3 is 2.73 bits per heavy atom. The van der Waals surface area contributed by atoms with Gasteiger partial charge in [0.1, 0.15) is 0 Å². The average molecular weight is 303 g/mol. The van der Waals surface area contributed by atoms with Gasteiger partial charge >= 0.3 is 0 Å². The van der Waals surface area contributed by atoms with E-state index in [1.165, 1.54) is 6.92 Å². The summed E-state index contributed by atoms with van der Waals surface area (Å²) < 4.78 is 0. The van der Waals surface area contributed by atoms with Crippen LogP contribution in [0.5, 0.6) is 0 Å². The Morgan fingerprint density at radius 1 is 1.36 bits per heavy atom. The van der Waals surface area contributed by atoms with Crippen LogP contribution in [0.4, 0.5) is 0 Å². The molecule has 1 aliphatic heterocycles. The van der Waals surface area contributed by atoms with Gasteiger partial charge in [-0.3, -0.25) is 14.6 Å². The van der Waals surface area contributed by atoms with Gasteiger partial charge in [0.15, 0.2) is 0 Å². The Labute approximate surface area is 132 Å². The van der Waals surface area contributed by atoms with Crippen LogP contribution in [0.25, 0.3) is 0 Å². The minimum absolute atomic E-state index is 0.00724. The van der Waals surface area contributed by atoms with Gasteiger partial charge in [0, 0.05) is 38.0 Å². The first-order valence-electron chi connectivity index (χ1n) is 7.96. The zero-order chi connectivity index (χ0) is 16.1. The number of carbonyl (C=O) groups excluding carboxylic acids is 2. The highest BCUT2D eigenvalue weighted by molar-refractivity contribution is 5.78. The first-order valence-corrected chi connectivity index (χ1v) is 7.96. The summed E-state index contributed by atoms with van der Waals surface area (Å²) >= 11 is 0. The molecule has 0 saturated carbocycles. The van der Waals surface area contributed by atoms with Crippen LogP contribution in [0.2, 0.25) is 0 Å². The molecule has 2 rings (SSSR count). The third-order valence-corrected chi connectivity index (χ3v) is 4.10. The number of aromatic nitrogens is 1. The molecule has 1 fully saturated rings. The number of nitrogens with zero attached hydrogens (tertiary/aromatic N) is 2. The summed E-state index contributed by atoms with van der Waals surface area (Å²) in [6.45, 7) is 6.86. The predicted molar refractivity (Wildman–Crippen MR) is 84.9 cm³/mol. The van der Waals surface area contributed by atoms with Gasteiger partial charge in [-0.25, -0.2) is 0 Å². The number of piperidine rings is 1. The molecule has 0 spiro atoms. The molecule has 0 unspecified atom stereocenters. The molecule has 5 heteroatoms. The molecule has 1 aromatic rings. The van der Waals surface area contributed by atoms with Crippen LogP contribution in [0.15, 0.2) is 24.4 Å². The first kappa shape index (κ1) is 16.5. The van der Waals surface area contributed by atoms with Crippen molar-refractivity contribution in [2.75, 3.05) is 13.1 Å². The highest BCUT2D eigenvalue weighted by Crippen LogP contribution is 2.29. The summed E-state index contributed by atoms with van der Waals surface area (Å²) in [6.07, 6.45) is 3.69. The summed E-state index contributed by atoms with van der Waals surface area (Å²) in [4.78, 5) is 30.1. The molecule has 2 atom stereocenters. The number of amides is 2. The quantitative estimate of drug-likeness (QED) is 0.927. The maximum absolute atomic E-state index is 12.2. The maximum atomic E-state index is 12.2. The van der Waals surface area contributed by atoms with E-state index in [2.05, 4.69) is 10.3 Å². The van der Waals surface area contributed by atoms with Crippen LogP contribution < -0.4 is 5.32 Å². The van der Waals surface area contributed by atoms with Crippen LogP contribution in [-0.2, 0) is 9.59 Å². The Hall–Kier alpha value is -1.91. The topological polar surface area (TPSA) is 62.3 Å². The Bertz CT molecular complexity index is 516. The smallest absolute Gasteiger partial charge is 0.225 e. The zero-order valence-electron chi connectivity index (χ0n) is 13.6. The SMILES string of the molecule is CC(=O)N[C@H](c1ccccn1)[C@@H]1CCCN(C(=O)C(C)C)C1. The van der Waals surface area contributed by atoms with Crippen molar-refractivity contribution < 1.29 is 9.59 Å². The van der Waals surface area contributed by atoms with Crippen LogP contribution >= 0.6 is 0 Å². The van der Waals surface area contributed by atoms with Crippen molar-refractivity contribution in [1.29, 1.82) is 0 Å². The van der Waals surface area contributed by atoms with Gasteiger partial charge in [-0.05, 0) is 25.0 Å². The van der Waals surface area contributed by atoms with Crippen molar-refractivity contribution in [1.82, 2.24) is 15.2 Å². The van der Waals surface area contributed by atoms with Crippen molar-refractivity contribution in [3.05, 3.63) is 30.1 Å². The van der Waals surface area contributed by atoms with E-state index in [0.717, 1.165) is 25.1 Å². The molecule has 0 bridgehead atoms. The van der Waals surface area contributed by atoms with E-state index < -0.39 is 0 Å². The lowest BCUT2D eigenvalue weighted by Crippen LogP contribution is -2.46. The molecule has 120 valence electrons. The fourth-order valence-corrected chi connectivity index (χ4v) is 3.06. The number of hydrogen-bond donors (Lipinski definition) is 1. The lowest BCUT2D eigenvalue weighted by molar-refractivity contribution is -0.136. The summed E-state index contributed by atoms with van der Waals surface area (Å²) in [5, 5.41) is 3.02. The van der Waals surface area contributed by atoms with Crippen LogP contribution in [-0.4, -0.2) is 34.8 Å². The summed E-state index contributed by atoms with van der Waals surface area (Å²) in [6, 6.07) is 5.59. The molecule has 0 aromatic carbocycles. The van der Waals surface area contributed by atoms with Gasteiger partial charge in [-0.15, -0.1) is 0 Å². The summed E-state index contributed by atoms with van der Waals surface area (Å²) in [5.41, 5.74) is 0.863. The molecule has 1 saturated heterocycles. The molecule has 0 aliphatic carbocycles. The summed E-state index contributed by atoms with van der Waals surface area (Å²) in [7, 11) is 0. The van der Waals surface area contributed by atoms with Crippen LogP contribution in [0, 0.1) is 11.8 Å². The molecule has 5 nitrogen and oxygen atoms in total. The van der Waals surface area contributed by atoms with Crippen molar-refractivity contribution in [3.8, 4) is 0 Å². The Balaban J connectivity index is 2.17. The third kappa shape index (κ3) is 4.06. The second-order valence-corrected chi connectivity index (χ2v) is 6.27. The third-order valence-electron chi connectivity index (χ3n) is 4.10. The minimum Gasteiger partial charge on any atom is -0.348 e. The van der Waals surface area contributed by atoms with E-state index in [9.17, 15) is 9.59 Å². The molecular weight excluding hydrogens is 278 g/mol. The molecule has 1 aromatic heterocycles. The molecular formula is C17H25N3O2. The van der Waals surface area contributed by atoms with E-state index in [4.69, 9.17) is 0 Å². The molecule has 0 radical (unpaired) electrons. The normalized spacial score (nSPS) is 19.8. The standard InChI is InChI=1S/C17H25N3O2/c1-12(2)17(22)20-10-6-7-14(11-20)16(19-13(3)21)15-8-4-5-9-18-15/h4-5,8-9,12,14,16H,6-7,10-11H2,1-3H3,(H,19,21)/t14-,16+/m1/s1. The summed E-state index contributed by atoms with van der Waals surface area (Å²) in [5.74, 6) is 0.332. The van der Waals surface area contributed by atoms with Gasteiger partial charge in [-0.2, -0.15) is 0 Å². The van der Waals surface area contributed by atoms with E-state index in [0.29, 0.717) is 6.54 Å². The van der Waals surface area contributed by atoms with Gasteiger partial charge in [-0.1, -0.05) is 19.9 Å². The predicted octanol–water partition coefficient (Wildman–Crippen LogP) is 2.15. The number of nitrogens with one attached hydrogen (secondary N) is 1. The number of carbonyl (C=O) groups is 2. The first-order chi connectivity index (χ1) is 10.5. The van der Waals surface area contributed by atoms with E-state index >= 15 is 0 Å². The van der Waals surface area contributed by atoms with Gasteiger partial charge in [0.25, 0.3) is 0 Å². The fraction of sp³-hybridized carbons (Fsp3) is 0.588. The second kappa shape index (κ2) is 7.38. The molecule has 1 aliphatic rings. The van der Waals surface area contributed by atoms with E-state index in [1.807, 2.05) is 36.9 Å². The van der Waals surface area contributed by atoms with Crippen molar-refractivity contribution in [2.24, 2.45) is 11.8 Å². The molecule has 1 N–H and O–H groups in total. The molecule has 22 heavy (non-hydrogen) atoms. The maximum Gasteiger partial charge on any atom is 0.225 e. The number of pyridine rings is 1. The molecule has 2 heterocycles. The lowest BCUT2D eigenvalue weighted by atomic mass is 9.88. The van der Waals surface area contributed by atoms with Crippen molar-refractivity contribution in [3.63, 3.8) is 0 Å². The minimum atomic E-state index is -0.138. The van der Waals surface area contributed by atoms with Gasteiger partial charge in [0.05, 0.1) is 11.7 Å². The average Bonchev–Trinajstić information content (AvgIpc) is 2.52. The van der Waals surface area contributed by atoms with Crippen molar-refractivity contribution in [2.45, 2.75) is 39.7 Å². The largest absolute Gasteiger partial charge is 0.348 e.